The Kier molecular flexibility index (Phi) is 5.71. The summed E-state index contributed by atoms with van der Waals surface area (Å²) in [5, 5.41) is 6.25. The molecule has 6 nitrogen and oxygen atoms in total. The van der Waals surface area contributed by atoms with Crippen LogP contribution in [-0.2, 0) is 0 Å². The van der Waals surface area contributed by atoms with Crippen LogP contribution in [0.2, 0.25) is 5.02 Å². The van der Waals surface area contributed by atoms with Crippen molar-refractivity contribution in [1.82, 2.24) is 14.9 Å². The summed E-state index contributed by atoms with van der Waals surface area (Å²) in [6.07, 6.45) is 2.98. The first kappa shape index (κ1) is 20.7. The van der Waals surface area contributed by atoms with Crippen molar-refractivity contribution in [1.29, 1.82) is 0 Å². The lowest BCUT2D eigenvalue weighted by Gasteiger charge is -2.19. The Morgan fingerprint density at radius 1 is 1.13 bits per heavy atom. The second-order valence-electron chi connectivity index (χ2n) is 7.89. The van der Waals surface area contributed by atoms with Crippen LogP contribution in [0.4, 0.5) is 5.82 Å². The number of aryl methyl sites for hydroxylation is 1. The lowest BCUT2D eigenvalue weighted by Crippen LogP contribution is -2.24. The number of rotatable bonds is 5. The minimum absolute atomic E-state index is 0.353. The highest BCUT2D eigenvalue weighted by Crippen LogP contribution is 2.43. The molecule has 1 saturated heterocycles. The molecule has 0 radical (unpaired) electrons. The number of nitrogens with zero attached hydrogens (tertiary/aromatic N) is 3. The molecular formula is C23H27ClN4O2. The van der Waals surface area contributed by atoms with E-state index in [4.69, 9.17) is 26.1 Å². The van der Waals surface area contributed by atoms with Crippen LogP contribution in [0, 0.1) is 13.8 Å². The maximum absolute atomic E-state index is 6.73. The predicted molar refractivity (Wildman–Crippen MR) is 122 cm³/mol. The van der Waals surface area contributed by atoms with E-state index >= 15 is 0 Å². The van der Waals surface area contributed by atoms with Crippen LogP contribution in [0.15, 0.2) is 24.4 Å². The molecule has 3 aromatic rings. The molecule has 1 N–H and O–H groups in total. The van der Waals surface area contributed by atoms with Crippen LogP contribution in [0.25, 0.3) is 22.0 Å². The monoisotopic (exact) mass is 426 g/mol. The van der Waals surface area contributed by atoms with Crippen LogP contribution < -0.4 is 14.8 Å². The molecule has 0 bridgehead atoms. The molecule has 0 saturated carbocycles. The van der Waals surface area contributed by atoms with Crippen molar-refractivity contribution < 1.29 is 9.47 Å². The molecule has 7 heteroatoms. The van der Waals surface area contributed by atoms with Gasteiger partial charge in [0.05, 0.1) is 24.9 Å². The zero-order chi connectivity index (χ0) is 21.4. The summed E-state index contributed by atoms with van der Waals surface area (Å²) < 4.78 is 11.0. The number of halogens is 1. The number of hydrogen-bond donors (Lipinski definition) is 1. The number of benzene rings is 1. The van der Waals surface area contributed by atoms with Crippen LogP contribution in [-0.4, -0.2) is 55.3 Å². The van der Waals surface area contributed by atoms with Crippen molar-refractivity contribution in [2.45, 2.75) is 26.3 Å². The third kappa shape index (κ3) is 3.77. The zero-order valence-corrected chi connectivity index (χ0v) is 18.8. The van der Waals surface area contributed by atoms with E-state index in [9.17, 15) is 0 Å². The fraction of sp³-hybridized carbons (Fsp3) is 0.391. The molecule has 2 aromatic heterocycles. The summed E-state index contributed by atoms with van der Waals surface area (Å²) in [6, 6.07) is 6.26. The number of likely N-dealkylation sites (tertiary alicyclic amines) is 1. The minimum Gasteiger partial charge on any atom is -0.496 e. The second-order valence-corrected chi connectivity index (χ2v) is 8.27. The first-order valence-electron chi connectivity index (χ1n) is 10.0. The maximum Gasteiger partial charge on any atom is 0.141 e. The van der Waals surface area contributed by atoms with E-state index in [1.54, 1.807) is 20.3 Å². The second kappa shape index (κ2) is 8.28. The molecule has 1 aliphatic heterocycles. The van der Waals surface area contributed by atoms with E-state index in [-0.39, 0.29) is 0 Å². The predicted octanol–water partition coefficient (Wildman–Crippen LogP) is 4.70. The van der Waals surface area contributed by atoms with Gasteiger partial charge in [0, 0.05) is 52.4 Å². The summed E-state index contributed by atoms with van der Waals surface area (Å²) in [5.41, 5.74) is 3.45. The number of pyridine rings is 2. The molecule has 3 heterocycles. The lowest BCUT2D eigenvalue weighted by molar-refractivity contribution is 0.393. The van der Waals surface area contributed by atoms with Gasteiger partial charge in [-0.2, -0.15) is 0 Å². The van der Waals surface area contributed by atoms with E-state index in [1.807, 2.05) is 26.1 Å². The van der Waals surface area contributed by atoms with E-state index in [0.717, 1.165) is 58.6 Å². The van der Waals surface area contributed by atoms with Gasteiger partial charge < -0.3 is 19.7 Å². The number of likely N-dealkylation sites (N-methyl/N-ethyl adjacent to an activating group) is 1. The van der Waals surface area contributed by atoms with E-state index in [2.05, 4.69) is 28.3 Å². The van der Waals surface area contributed by atoms with Crippen LogP contribution in [0.1, 0.15) is 17.7 Å². The number of ether oxygens (including phenoxy) is 2. The Labute approximate surface area is 182 Å². The van der Waals surface area contributed by atoms with Gasteiger partial charge in [-0.25, -0.2) is 4.98 Å². The summed E-state index contributed by atoms with van der Waals surface area (Å²) in [6.45, 7) is 6.05. The van der Waals surface area contributed by atoms with Gasteiger partial charge in [-0.3, -0.25) is 4.98 Å². The quantitative estimate of drug-likeness (QED) is 0.638. The zero-order valence-electron chi connectivity index (χ0n) is 18.0. The molecule has 30 heavy (non-hydrogen) atoms. The van der Waals surface area contributed by atoms with Crippen LogP contribution in [0.3, 0.4) is 0 Å². The van der Waals surface area contributed by atoms with Gasteiger partial charge in [0.2, 0.25) is 0 Å². The molecular weight excluding hydrogens is 400 g/mol. The van der Waals surface area contributed by atoms with Crippen molar-refractivity contribution in [3.63, 3.8) is 0 Å². The molecule has 4 rings (SSSR count). The highest BCUT2D eigenvalue weighted by molar-refractivity contribution is 6.35. The highest BCUT2D eigenvalue weighted by atomic mass is 35.5. The largest absolute Gasteiger partial charge is 0.496 e. The lowest BCUT2D eigenvalue weighted by atomic mass is 10.0. The average molecular weight is 427 g/mol. The number of nitrogens with one attached hydrogen (secondary N) is 1. The fourth-order valence-electron chi connectivity index (χ4n) is 4.10. The summed E-state index contributed by atoms with van der Waals surface area (Å²) >= 11 is 6.73. The molecule has 158 valence electrons. The molecule has 0 spiro atoms. The SMILES string of the molecule is COc1cc(OC)c(Cl)c(-c2cc3cnc(C)cc3c(NC3CCN(C)C3)n2)c1C. The number of fused-ring (bicyclic) bond motifs is 1. The Morgan fingerprint density at radius 2 is 1.90 bits per heavy atom. The van der Waals surface area contributed by atoms with E-state index in [1.165, 1.54) is 0 Å². The molecule has 0 aliphatic carbocycles. The van der Waals surface area contributed by atoms with E-state index in [0.29, 0.717) is 22.6 Å². The summed E-state index contributed by atoms with van der Waals surface area (Å²) in [4.78, 5) is 11.8. The van der Waals surface area contributed by atoms with Gasteiger partial charge in [0.25, 0.3) is 0 Å². The Morgan fingerprint density at radius 3 is 2.57 bits per heavy atom. The third-order valence-electron chi connectivity index (χ3n) is 5.72. The Hall–Kier alpha value is -2.57. The Bertz CT molecular complexity index is 1070. The molecule has 1 fully saturated rings. The van der Waals surface area contributed by atoms with Crippen molar-refractivity contribution >= 4 is 28.2 Å². The van der Waals surface area contributed by atoms with Gasteiger partial charge in [0.1, 0.15) is 17.3 Å². The highest BCUT2D eigenvalue weighted by Gasteiger charge is 2.23. The standard InChI is InChI=1S/C23H27ClN4O2/c1-13-8-17-15(11-25-13)9-18(27-23(17)26-16-6-7-28(3)12-16)21-14(2)19(29-4)10-20(30-5)22(21)24/h8-11,16H,6-7,12H2,1-5H3,(H,26,27). The topological polar surface area (TPSA) is 59.5 Å². The van der Waals surface area contributed by atoms with Gasteiger partial charge in [-0.05, 0) is 46.0 Å². The normalized spacial score (nSPS) is 16.8. The van der Waals surface area contributed by atoms with Crippen molar-refractivity contribution in [2.24, 2.45) is 0 Å². The van der Waals surface area contributed by atoms with Crippen molar-refractivity contribution in [3.8, 4) is 22.8 Å². The average Bonchev–Trinajstić information content (AvgIpc) is 3.13. The van der Waals surface area contributed by atoms with Gasteiger partial charge in [-0.15, -0.1) is 0 Å². The molecule has 0 amide bonds. The number of anilines is 1. The van der Waals surface area contributed by atoms with Crippen LogP contribution in [0.5, 0.6) is 11.5 Å². The first-order valence-corrected chi connectivity index (χ1v) is 10.4. The first-order chi connectivity index (χ1) is 14.4. The van der Waals surface area contributed by atoms with Crippen LogP contribution >= 0.6 is 11.6 Å². The molecule has 1 unspecified atom stereocenters. The number of hydrogen-bond acceptors (Lipinski definition) is 6. The fourth-order valence-corrected chi connectivity index (χ4v) is 4.47. The third-order valence-corrected chi connectivity index (χ3v) is 6.10. The Balaban J connectivity index is 1.91. The van der Waals surface area contributed by atoms with Crippen molar-refractivity contribution in [2.75, 3.05) is 39.7 Å². The summed E-state index contributed by atoms with van der Waals surface area (Å²) in [7, 11) is 5.39. The van der Waals surface area contributed by atoms with E-state index < -0.39 is 0 Å². The van der Waals surface area contributed by atoms with Crippen molar-refractivity contribution in [3.05, 3.63) is 40.7 Å². The van der Waals surface area contributed by atoms with Gasteiger partial charge in [0.15, 0.2) is 0 Å². The van der Waals surface area contributed by atoms with Gasteiger partial charge in [-0.1, -0.05) is 11.6 Å². The summed E-state index contributed by atoms with van der Waals surface area (Å²) in [5.74, 6) is 2.12. The smallest absolute Gasteiger partial charge is 0.141 e. The molecule has 1 aromatic carbocycles. The maximum atomic E-state index is 6.73. The number of aromatic nitrogens is 2. The molecule has 1 aliphatic rings. The van der Waals surface area contributed by atoms with Gasteiger partial charge >= 0.3 is 0 Å². The number of methoxy groups -OCH3 is 2. The minimum atomic E-state index is 0.353. The molecule has 1 atom stereocenters.